The molecule has 2 N–H and O–H groups in total. The monoisotopic (exact) mass is 203 g/mol. The van der Waals surface area contributed by atoms with Crippen molar-refractivity contribution in [2.45, 2.75) is 25.6 Å². The third kappa shape index (κ3) is 2.82. The predicted molar refractivity (Wildman–Crippen MR) is 49.5 cm³/mol. The summed E-state index contributed by atoms with van der Waals surface area (Å²) < 4.78 is 25.0. The number of aromatic nitrogens is 2. The van der Waals surface area contributed by atoms with Crippen LogP contribution in [0.2, 0.25) is 0 Å². The third-order valence-electron chi connectivity index (χ3n) is 1.62. The molecule has 74 valence electrons. The van der Waals surface area contributed by atoms with E-state index in [0.717, 1.165) is 0 Å². The Morgan fingerprint density at radius 3 is 2.77 bits per heavy atom. The van der Waals surface area contributed by atoms with E-state index in [1.54, 1.807) is 26.2 Å². The van der Waals surface area contributed by atoms with Crippen molar-refractivity contribution in [3.05, 3.63) is 18.2 Å². The Labute approximate surface area is 77.6 Å². The van der Waals surface area contributed by atoms with Crippen molar-refractivity contribution in [3.63, 3.8) is 0 Å². The van der Waals surface area contributed by atoms with Gasteiger partial charge in [-0.15, -0.1) is 0 Å². The van der Waals surface area contributed by atoms with Crippen LogP contribution in [0.3, 0.4) is 0 Å². The normalized spacial score (nSPS) is 12.2. The molecule has 0 aliphatic heterocycles. The van der Waals surface area contributed by atoms with Crippen LogP contribution < -0.4 is 4.72 Å². The van der Waals surface area contributed by atoms with Crippen LogP contribution in [0.1, 0.15) is 19.7 Å². The van der Waals surface area contributed by atoms with Gasteiger partial charge < -0.3 is 4.98 Å². The first-order chi connectivity index (χ1) is 6.02. The molecule has 6 heteroatoms. The van der Waals surface area contributed by atoms with Gasteiger partial charge in [0, 0.05) is 12.4 Å². The summed E-state index contributed by atoms with van der Waals surface area (Å²) in [5.74, 6) is 0.615. The Morgan fingerprint density at radius 1 is 1.62 bits per heavy atom. The van der Waals surface area contributed by atoms with Crippen LogP contribution in [0.4, 0.5) is 0 Å². The lowest BCUT2D eigenvalue weighted by Gasteiger charge is -2.07. The Morgan fingerprint density at radius 2 is 2.31 bits per heavy atom. The first kappa shape index (κ1) is 10.2. The fourth-order valence-corrected chi connectivity index (χ4v) is 1.40. The van der Waals surface area contributed by atoms with Crippen molar-refractivity contribution >= 4 is 10.0 Å². The molecule has 0 saturated carbocycles. The number of nitrogens with zero attached hydrogens (tertiary/aromatic N) is 1. The number of rotatable bonds is 4. The quantitative estimate of drug-likeness (QED) is 0.736. The summed E-state index contributed by atoms with van der Waals surface area (Å²) in [5, 5.41) is -0.414. The molecule has 0 aromatic carbocycles. The SMILES string of the molecule is CC(C)S(=O)(=O)NCc1ncc[nH]1. The van der Waals surface area contributed by atoms with E-state index in [4.69, 9.17) is 0 Å². The standard InChI is InChI=1S/C7H13N3O2S/c1-6(2)13(11,12)10-5-7-8-3-4-9-7/h3-4,6,10H,5H2,1-2H3,(H,8,9). The number of aromatic amines is 1. The number of nitrogens with one attached hydrogen (secondary N) is 2. The van der Waals surface area contributed by atoms with Gasteiger partial charge in [0.2, 0.25) is 10.0 Å². The molecule has 1 rings (SSSR count). The van der Waals surface area contributed by atoms with E-state index in [1.807, 2.05) is 0 Å². The van der Waals surface area contributed by atoms with Gasteiger partial charge >= 0.3 is 0 Å². The lowest BCUT2D eigenvalue weighted by Crippen LogP contribution is -2.30. The van der Waals surface area contributed by atoms with Gasteiger partial charge in [-0.05, 0) is 13.8 Å². The van der Waals surface area contributed by atoms with Gasteiger partial charge in [-0.25, -0.2) is 18.1 Å². The molecule has 13 heavy (non-hydrogen) atoms. The summed E-state index contributed by atoms with van der Waals surface area (Å²) in [7, 11) is -3.18. The second-order valence-corrected chi connectivity index (χ2v) is 5.27. The summed E-state index contributed by atoms with van der Waals surface area (Å²) in [5.41, 5.74) is 0. The average molecular weight is 203 g/mol. The highest BCUT2D eigenvalue weighted by molar-refractivity contribution is 7.90. The maximum atomic E-state index is 11.3. The van der Waals surface area contributed by atoms with Gasteiger partial charge in [0.1, 0.15) is 5.82 Å². The number of imidazole rings is 1. The van der Waals surface area contributed by atoms with Gasteiger partial charge in [0.05, 0.1) is 11.8 Å². The number of sulfonamides is 1. The zero-order valence-electron chi connectivity index (χ0n) is 7.61. The second-order valence-electron chi connectivity index (χ2n) is 2.95. The smallest absolute Gasteiger partial charge is 0.214 e. The van der Waals surface area contributed by atoms with Crippen LogP contribution in [0.5, 0.6) is 0 Å². The third-order valence-corrected chi connectivity index (χ3v) is 3.40. The van der Waals surface area contributed by atoms with E-state index in [1.165, 1.54) is 0 Å². The fourth-order valence-electron chi connectivity index (χ4n) is 0.730. The summed E-state index contributed by atoms with van der Waals surface area (Å²) in [6, 6.07) is 0. The maximum Gasteiger partial charge on any atom is 0.214 e. The molecule has 0 unspecified atom stereocenters. The lowest BCUT2D eigenvalue weighted by atomic mass is 10.6. The number of hydrogen-bond acceptors (Lipinski definition) is 3. The molecule has 0 saturated heterocycles. The molecule has 1 heterocycles. The minimum absolute atomic E-state index is 0.216. The summed E-state index contributed by atoms with van der Waals surface area (Å²) in [6.07, 6.45) is 3.23. The van der Waals surface area contributed by atoms with Gasteiger partial charge in [0.25, 0.3) is 0 Å². The molecule has 0 fully saturated rings. The molecule has 0 aliphatic carbocycles. The molecule has 0 bridgehead atoms. The second kappa shape index (κ2) is 3.89. The zero-order chi connectivity index (χ0) is 9.90. The molecule has 1 aromatic rings. The molecule has 0 amide bonds. The van der Waals surface area contributed by atoms with Gasteiger partial charge in [-0.2, -0.15) is 0 Å². The molecule has 1 aromatic heterocycles. The minimum atomic E-state index is -3.18. The van der Waals surface area contributed by atoms with Crippen LogP contribution in [0.15, 0.2) is 12.4 Å². The van der Waals surface area contributed by atoms with Gasteiger partial charge in [0.15, 0.2) is 0 Å². The maximum absolute atomic E-state index is 11.3. The summed E-state index contributed by atoms with van der Waals surface area (Å²) in [4.78, 5) is 6.71. The fraction of sp³-hybridized carbons (Fsp3) is 0.571. The Bertz CT molecular complexity index is 342. The van der Waals surface area contributed by atoms with E-state index in [2.05, 4.69) is 14.7 Å². The summed E-state index contributed by atoms with van der Waals surface area (Å²) in [6.45, 7) is 3.47. The van der Waals surface area contributed by atoms with Crippen molar-refractivity contribution < 1.29 is 8.42 Å². The van der Waals surface area contributed by atoms with Crippen LogP contribution in [0.25, 0.3) is 0 Å². The Hall–Kier alpha value is -0.880. The van der Waals surface area contributed by atoms with Gasteiger partial charge in [-0.3, -0.25) is 0 Å². The largest absolute Gasteiger partial charge is 0.347 e. The van der Waals surface area contributed by atoms with Crippen LogP contribution in [-0.4, -0.2) is 23.6 Å². The van der Waals surface area contributed by atoms with Crippen LogP contribution in [0, 0.1) is 0 Å². The number of hydrogen-bond donors (Lipinski definition) is 2. The Balaban J connectivity index is 2.53. The zero-order valence-corrected chi connectivity index (χ0v) is 8.43. The van der Waals surface area contributed by atoms with Crippen molar-refractivity contribution in [1.82, 2.24) is 14.7 Å². The lowest BCUT2D eigenvalue weighted by molar-refractivity contribution is 0.570. The first-order valence-electron chi connectivity index (χ1n) is 3.99. The van der Waals surface area contributed by atoms with E-state index < -0.39 is 15.3 Å². The molecule has 0 atom stereocenters. The van der Waals surface area contributed by atoms with Crippen molar-refractivity contribution in [3.8, 4) is 0 Å². The molecule has 0 radical (unpaired) electrons. The molecular weight excluding hydrogens is 190 g/mol. The van der Waals surface area contributed by atoms with Crippen molar-refractivity contribution in [2.24, 2.45) is 0 Å². The van der Waals surface area contributed by atoms with Gasteiger partial charge in [-0.1, -0.05) is 0 Å². The molecule has 0 spiro atoms. The highest BCUT2D eigenvalue weighted by atomic mass is 32.2. The summed E-state index contributed by atoms with van der Waals surface area (Å²) >= 11 is 0. The molecule has 0 aliphatic rings. The average Bonchev–Trinajstić information content (AvgIpc) is 2.52. The first-order valence-corrected chi connectivity index (χ1v) is 5.54. The predicted octanol–water partition coefficient (Wildman–Crippen LogP) is 0.237. The van der Waals surface area contributed by atoms with Crippen LogP contribution >= 0.6 is 0 Å². The minimum Gasteiger partial charge on any atom is -0.347 e. The highest BCUT2D eigenvalue weighted by Crippen LogP contribution is 1.97. The van der Waals surface area contributed by atoms with Crippen molar-refractivity contribution in [2.75, 3.05) is 0 Å². The van der Waals surface area contributed by atoms with E-state index in [9.17, 15) is 8.42 Å². The van der Waals surface area contributed by atoms with Crippen LogP contribution in [-0.2, 0) is 16.6 Å². The van der Waals surface area contributed by atoms with E-state index >= 15 is 0 Å². The Kier molecular flexibility index (Phi) is 3.05. The molecular formula is C7H13N3O2S. The topological polar surface area (TPSA) is 74.8 Å². The van der Waals surface area contributed by atoms with E-state index in [0.29, 0.717) is 5.82 Å². The van der Waals surface area contributed by atoms with E-state index in [-0.39, 0.29) is 6.54 Å². The highest BCUT2D eigenvalue weighted by Gasteiger charge is 2.14. The van der Waals surface area contributed by atoms with Crippen molar-refractivity contribution in [1.29, 1.82) is 0 Å². The molecule has 5 nitrogen and oxygen atoms in total. The number of H-pyrrole nitrogens is 1.